The van der Waals surface area contributed by atoms with Crippen LogP contribution in [0.4, 0.5) is 0 Å². The minimum Gasteiger partial charge on any atom is -0.508 e. The Hall–Kier alpha value is -1.26. The molecule has 2 aliphatic rings. The first-order valence-electron chi connectivity index (χ1n) is 9.42. The molecule has 2 N–H and O–H groups in total. The van der Waals surface area contributed by atoms with E-state index in [4.69, 9.17) is 14.5 Å². The van der Waals surface area contributed by atoms with Gasteiger partial charge in [-0.3, -0.25) is 4.90 Å². The average molecular weight is 490 g/mol. The molecular weight excluding hydrogens is 459 g/mol. The smallest absolute Gasteiger partial charge is 0.194 e. The number of aromatic hydroxyl groups is 1. The van der Waals surface area contributed by atoms with Gasteiger partial charge in [-0.25, -0.2) is 4.99 Å². The van der Waals surface area contributed by atoms with Crippen molar-refractivity contribution in [2.24, 2.45) is 4.99 Å². The summed E-state index contributed by atoms with van der Waals surface area (Å²) in [5, 5.41) is 13.5. The molecule has 0 bridgehead atoms. The van der Waals surface area contributed by atoms with Gasteiger partial charge in [0.2, 0.25) is 0 Å². The molecule has 0 saturated carbocycles. The van der Waals surface area contributed by atoms with Crippen molar-refractivity contribution in [3.63, 3.8) is 0 Å². The van der Waals surface area contributed by atoms with Gasteiger partial charge in [0.25, 0.3) is 0 Å². The largest absolute Gasteiger partial charge is 0.508 e. The van der Waals surface area contributed by atoms with Crippen molar-refractivity contribution < 1.29 is 14.6 Å². The van der Waals surface area contributed by atoms with E-state index in [1.54, 1.807) is 19.2 Å². The number of hydrogen-bond acceptors (Lipinski definition) is 5. The third-order valence-electron chi connectivity index (χ3n) is 5.05. The molecule has 0 radical (unpaired) electrons. The van der Waals surface area contributed by atoms with E-state index >= 15 is 0 Å². The van der Waals surface area contributed by atoms with Crippen LogP contribution in [-0.4, -0.2) is 80.0 Å². The van der Waals surface area contributed by atoms with Gasteiger partial charge in [-0.2, -0.15) is 0 Å². The van der Waals surface area contributed by atoms with Gasteiger partial charge in [0.05, 0.1) is 26.9 Å². The molecule has 152 valence electrons. The maximum absolute atomic E-state index is 10.1. The minimum atomic E-state index is 0. The topological polar surface area (TPSA) is 69.6 Å². The van der Waals surface area contributed by atoms with Crippen LogP contribution >= 0.6 is 24.0 Å². The van der Waals surface area contributed by atoms with Gasteiger partial charge in [0.15, 0.2) is 5.96 Å². The number of nitrogens with one attached hydrogen (secondary N) is 1. The highest BCUT2D eigenvalue weighted by Crippen LogP contribution is 2.24. The van der Waals surface area contributed by atoms with Crippen molar-refractivity contribution in [2.75, 3.05) is 53.0 Å². The maximum Gasteiger partial charge on any atom is 0.194 e. The predicted molar refractivity (Wildman–Crippen MR) is 117 cm³/mol. The Kier molecular flexibility index (Phi) is 8.91. The zero-order valence-electron chi connectivity index (χ0n) is 16.2. The highest BCUT2D eigenvalue weighted by atomic mass is 127. The lowest BCUT2D eigenvalue weighted by Crippen LogP contribution is -2.46. The maximum atomic E-state index is 10.1. The van der Waals surface area contributed by atoms with Crippen molar-refractivity contribution >= 4 is 29.9 Å². The summed E-state index contributed by atoms with van der Waals surface area (Å²) in [7, 11) is 1.62. The molecule has 2 fully saturated rings. The summed E-state index contributed by atoms with van der Waals surface area (Å²) >= 11 is 0. The molecule has 2 aliphatic heterocycles. The Morgan fingerprint density at radius 3 is 2.81 bits per heavy atom. The van der Waals surface area contributed by atoms with Gasteiger partial charge in [-0.15, -0.1) is 24.0 Å². The van der Waals surface area contributed by atoms with Gasteiger partial charge in [-0.1, -0.05) is 0 Å². The minimum absolute atomic E-state index is 0. The number of nitrogens with zero attached hydrogens (tertiary/aromatic N) is 3. The number of rotatable bonds is 5. The highest BCUT2D eigenvalue weighted by molar-refractivity contribution is 14.0. The van der Waals surface area contributed by atoms with Crippen LogP contribution in [0.3, 0.4) is 0 Å². The van der Waals surface area contributed by atoms with E-state index in [-0.39, 0.29) is 29.7 Å². The van der Waals surface area contributed by atoms with Crippen molar-refractivity contribution in [1.29, 1.82) is 0 Å². The lowest BCUT2D eigenvalue weighted by atomic mass is 10.2. The molecule has 0 aromatic heterocycles. The van der Waals surface area contributed by atoms with Crippen LogP contribution in [0.5, 0.6) is 11.5 Å². The lowest BCUT2D eigenvalue weighted by Gasteiger charge is -2.32. The van der Waals surface area contributed by atoms with Crippen molar-refractivity contribution in [3.05, 3.63) is 23.8 Å². The summed E-state index contributed by atoms with van der Waals surface area (Å²) in [6, 6.07) is 5.80. The first-order valence-corrected chi connectivity index (χ1v) is 9.42. The number of benzene rings is 1. The second-order valence-corrected chi connectivity index (χ2v) is 6.70. The van der Waals surface area contributed by atoms with Crippen molar-refractivity contribution in [1.82, 2.24) is 15.1 Å². The predicted octanol–water partition coefficient (Wildman–Crippen LogP) is 1.89. The fourth-order valence-electron chi connectivity index (χ4n) is 3.58. The fourth-order valence-corrected chi connectivity index (χ4v) is 3.58. The number of hydrogen-bond donors (Lipinski definition) is 2. The molecule has 1 unspecified atom stereocenters. The van der Waals surface area contributed by atoms with Crippen LogP contribution < -0.4 is 10.1 Å². The van der Waals surface area contributed by atoms with Crippen molar-refractivity contribution in [3.8, 4) is 11.5 Å². The second kappa shape index (κ2) is 10.9. The zero-order chi connectivity index (χ0) is 18.4. The van der Waals surface area contributed by atoms with E-state index in [1.807, 2.05) is 6.07 Å². The number of phenols is 1. The van der Waals surface area contributed by atoms with Gasteiger partial charge >= 0.3 is 0 Å². The molecule has 2 saturated heterocycles. The van der Waals surface area contributed by atoms with Gasteiger partial charge in [0.1, 0.15) is 11.5 Å². The number of morpholine rings is 1. The lowest BCUT2D eigenvalue weighted by molar-refractivity contribution is 0.0195. The second-order valence-electron chi connectivity index (χ2n) is 6.70. The summed E-state index contributed by atoms with van der Waals surface area (Å²) in [6.45, 7) is 9.00. The van der Waals surface area contributed by atoms with Crippen LogP contribution in [0.25, 0.3) is 0 Å². The van der Waals surface area contributed by atoms with E-state index in [1.165, 1.54) is 0 Å². The molecule has 3 rings (SSSR count). The number of aliphatic imine (C=N–C) groups is 1. The Morgan fingerprint density at radius 2 is 2.11 bits per heavy atom. The molecule has 0 amide bonds. The molecule has 1 aromatic rings. The molecule has 8 heteroatoms. The Bertz CT molecular complexity index is 623. The summed E-state index contributed by atoms with van der Waals surface area (Å²) in [4.78, 5) is 9.60. The fraction of sp³-hybridized carbons (Fsp3) is 0.632. The zero-order valence-corrected chi connectivity index (χ0v) is 18.5. The van der Waals surface area contributed by atoms with Gasteiger partial charge in [-0.05, 0) is 31.5 Å². The van der Waals surface area contributed by atoms with E-state index in [2.05, 4.69) is 22.0 Å². The summed E-state index contributed by atoms with van der Waals surface area (Å²) < 4.78 is 10.7. The van der Waals surface area contributed by atoms with Crippen LogP contribution in [0.1, 0.15) is 18.9 Å². The third kappa shape index (κ3) is 5.86. The monoisotopic (exact) mass is 490 g/mol. The van der Waals surface area contributed by atoms with E-state index in [0.29, 0.717) is 12.6 Å². The molecule has 0 aliphatic carbocycles. The molecule has 2 heterocycles. The molecular formula is C19H31IN4O3. The Morgan fingerprint density at radius 1 is 1.33 bits per heavy atom. The summed E-state index contributed by atoms with van der Waals surface area (Å²) in [5.74, 6) is 1.88. The highest BCUT2D eigenvalue weighted by Gasteiger charge is 2.30. The molecule has 1 aromatic carbocycles. The SMILES string of the molecule is CCNC(=NCc1cc(OC)ccc1O)N1CCC(N2CCOCC2)C1.I. The standard InChI is InChI=1S/C19H30N4O3.HI/c1-3-20-19(21-13-15-12-17(25-2)4-5-18(15)24)23-7-6-16(14-23)22-8-10-26-11-9-22;/h4-5,12,16,24H,3,6-11,13-14H2,1-2H3,(H,20,21);1H. The first-order chi connectivity index (χ1) is 12.7. The molecule has 27 heavy (non-hydrogen) atoms. The number of phenolic OH excluding ortho intramolecular Hbond substituents is 1. The van der Waals surface area contributed by atoms with Crippen LogP contribution in [0.2, 0.25) is 0 Å². The van der Waals surface area contributed by atoms with Crippen molar-refractivity contribution in [2.45, 2.75) is 25.9 Å². The van der Waals surface area contributed by atoms with E-state index in [0.717, 1.165) is 69.6 Å². The van der Waals surface area contributed by atoms with Crippen LogP contribution in [0, 0.1) is 0 Å². The summed E-state index contributed by atoms with van der Waals surface area (Å²) in [6.07, 6.45) is 1.15. The Labute approximate surface area is 178 Å². The molecule has 1 atom stereocenters. The normalized spacial score (nSPS) is 21.0. The van der Waals surface area contributed by atoms with Crippen LogP contribution in [-0.2, 0) is 11.3 Å². The van der Waals surface area contributed by atoms with Gasteiger partial charge < -0.3 is 24.8 Å². The van der Waals surface area contributed by atoms with E-state index < -0.39 is 0 Å². The quantitative estimate of drug-likeness (QED) is 0.374. The average Bonchev–Trinajstić information content (AvgIpc) is 3.17. The van der Waals surface area contributed by atoms with Gasteiger partial charge in [0, 0.05) is 44.3 Å². The molecule has 7 nitrogen and oxygen atoms in total. The number of methoxy groups -OCH3 is 1. The van der Waals surface area contributed by atoms with E-state index in [9.17, 15) is 5.11 Å². The molecule has 0 spiro atoms. The number of halogens is 1. The summed E-state index contributed by atoms with van der Waals surface area (Å²) in [5.41, 5.74) is 0.767. The number of ether oxygens (including phenoxy) is 2. The first kappa shape index (κ1) is 22.0. The van der Waals surface area contributed by atoms with Crippen LogP contribution in [0.15, 0.2) is 23.2 Å². The third-order valence-corrected chi connectivity index (χ3v) is 5.05. The Balaban J connectivity index is 0.00000261. The number of likely N-dealkylation sites (tertiary alicyclic amines) is 1. The number of guanidine groups is 1.